The summed E-state index contributed by atoms with van der Waals surface area (Å²) in [6.45, 7) is 5.38. The molecule has 0 bridgehead atoms. The smallest absolute Gasteiger partial charge is 0.264 e. The Hall–Kier alpha value is -3.36. The van der Waals surface area contributed by atoms with E-state index in [2.05, 4.69) is 5.32 Å². The molecule has 7 nitrogen and oxygen atoms in total. The number of rotatable bonds is 11. The van der Waals surface area contributed by atoms with Gasteiger partial charge in [0.15, 0.2) is 0 Å². The first kappa shape index (κ1) is 31.6. The predicted molar refractivity (Wildman–Crippen MR) is 168 cm³/mol. The Morgan fingerprint density at radius 3 is 2.29 bits per heavy atom. The minimum absolute atomic E-state index is 0.0234. The van der Waals surface area contributed by atoms with Gasteiger partial charge >= 0.3 is 0 Å². The Balaban J connectivity index is 1.71. The van der Waals surface area contributed by atoms with Crippen LogP contribution in [0.4, 0.5) is 5.69 Å². The van der Waals surface area contributed by atoms with Crippen molar-refractivity contribution in [2.45, 2.75) is 82.8 Å². The highest BCUT2D eigenvalue weighted by atomic mass is 35.5. The second-order valence-electron chi connectivity index (χ2n) is 11.0. The van der Waals surface area contributed by atoms with Gasteiger partial charge in [0.2, 0.25) is 11.8 Å². The largest absolute Gasteiger partial charge is 0.352 e. The third-order valence-electron chi connectivity index (χ3n) is 7.84. The molecule has 0 saturated heterocycles. The molecule has 9 heteroatoms. The number of halogens is 1. The molecule has 3 aromatic rings. The van der Waals surface area contributed by atoms with E-state index < -0.39 is 28.5 Å². The highest BCUT2D eigenvalue weighted by Crippen LogP contribution is 2.28. The summed E-state index contributed by atoms with van der Waals surface area (Å²) in [5.74, 6) is -0.656. The lowest BCUT2D eigenvalue weighted by Crippen LogP contribution is -2.54. The molecule has 1 N–H and O–H groups in total. The Kier molecular flexibility index (Phi) is 10.7. The van der Waals surface area contributed by atoms with Gasteiger partial charge in [-0.25, -0.2) is 8.42 Å². The number of para-hydroxylation sites is 1. The summed E-state index contributed by atoms with van der Waals surface area (Å²) < 4.78 is 29.2. The fourth-order valence-corrected chi connectivity index (χ4v) is 7.17. The van der Waals surface area contributed by atoms with E-state index in [4.69, 9.17) is 11.6 Å². The molecule has 42 heavy (non-hydrogen) atoms. The first-order chi connectivity index (χ1) is 20.1. The van der Waals surface area contributed by atoms with E-state index in [0.29, 0.717) is 22.7 Å². The molecule has 4 rings (SSSR count). The highest BCUT2D eigenvalue weighted by Gasteiger charge is 2.34. The molecule has 0 aliphatic heterocycles. The number of sulfonamides is 1. The second-order valence-corrected chi connectivity index (χ2v) is 13.3. The Morgan fingerprint density at radius 1 is 0.952 bits per heavy atom. The number of nitrogens with one attached hydrogen (secondary N) is 1. The van der Waals surface area contributed by atoms with Crippen LogP contribution in [0.3, 0.4) is 0 Å². The van der Waals surface area contributed by atoms with Crippen LogP contribution in [0.5, 0.6) is 0 Å². The lowest BCUT2D eigenvalue weighted by Gasteiger charge is -2.34. The van der Waals surface area contributed by atoms with E-state index in [1.54, 1.807) is 25.1 Å². The van der Waals surface area contributed by atoms with Crippen LogP contribution in [0, 0.1) is 13.8 Å². The fraction of sp³-hybridized carbons (Fsp3) is 0.394. The number of benzene rings is 3. The van der Waals surface area contributed by atoms with E-state index >= 15 is 0 Å². The van der Waals surface area contributed by atoms with Crippen LogP contribution in [0.2, 0.25) is 5.02 Å². The predicted octanol–water partition coefficient (Wildman–Crippen LogP) is 6.41. The summed E-state index contributed by atoms with van der Waals surface area (Å²) in [7, 11) is -4.15. The summed E-state index contributed by atoms with van der Waals surface area (Å²) in [4.78, 5) is 29.5. The maximum absolute atomic E-state index is 14.3. The summed E-state index contributed by atoms with van der Waals surface area (Å²) in [5.41, 5.74) is 3.01. The minimum Gasteiger partial charge on any atom is -0.352 e. The van der Waals surface area contributed by atoms with Gasteiger partial charge in [0.05, 0.1) is 10.6 Å². The molecule has 224 valence electrons. The highest BCUT2D eigenvalue weighted by molar-refractivity contribution is 7.92. The zero-order valence-corrected chi connectivity index (χ0v) is 26.1. The van der Waals surface area contributed by atoms with Crippen molar-refractivity contribution in [2.24, 2.45) is 0 Å². The average molecular weight is 610 g/mol. The average Bonchev–Trinajstić information content (AvgIpc) is 2.97. The summed E-state index contributed by atoms with van der Waals surface area (Å²) in [6.07, 6.45) is 5.55. The topological polar surface area (TPSA) is 86.8 Å². The van der Waals surface area contributed by atoms with Gasteiger partial charge in [0.1, 0.15) is 12.6 Å². The maximum atomic E-state index is 14.3. The van der Waals surface area contributed by atoms with Crippen LogP contribution in [0.1, 0.15) is 62.1 Å². The molecule has 1 saturated carbocycles. The summed E-state index contributed by atoms with van der Waals surface area (Å²) in [5, 5.41) is 3.59. The molecule has 1 aliphatic rings. The van der Waals surface area contributed by atoms with Crippen LogP contribution >= 0.6 is 11.6 Å². The van der Waals surface area contributed by atoms with Crippen molar-refractivity contribution in [3.63, 3.8) is 0 Å². The number of anilines is 1. The van der Waals surface area contributed by atoms with Crippen molar-refractivity contribution >= 4 is 39.1 Å². The van der Waals surface area contributed by atoms with Crippen LogP contribution in [0.15, 0.2) is 77.7 Å². The third-order valence-corrected chi connectivity index (χ3v) is 9.86. The van der Waals surface area contributed by atoms with E-state index in [-0.39, 0.29) is 23.4 Å². The van der Waals surface area contributed by atoms with Crippen molar-refractivity contribution in [3.8, 4) is 0 Å². The molecule has 1 aliphatic carbocycles. The van der Waals surface area contributed by atoms with Crippen LogP contribution in [-0.4, -0.2) is 43.8 Å². The lowest BCUT2D eigenvalue weighted by molar-refractivity contribution is -0.140. The van der Waals surface area contributed by atoms with Crippen LogP contribution in [0.25, 0.3) is 0 Å². The molecule has 0 spiro atoms. The normalized spacial score (nSPS) is 14.7. The summed E-state index contributed by atoms with van der Waals surface area (Å²) >= 11 is 6.04. The number of nitrogens with zero attached hydrogens (tertiary/aromatic N) is 2. The number of hydrogen-bond acceptors (Lipinski definition) is 4. The Morgan fingerprint density at radius 2 is 1.64 bits per heavy atom. The molecule has 0 aromatic heterocycles. The first-order valence-electron chi connectivity index (χ1n) is 14.6. The first-order valence-corrected chi connectivity index (χ1v) is 16.4. The van der Waals surface area contributed by atoms with E-state index in [1.165, 1.54) is 35.6 Å². The third kappa shape index (κ3) is 7.72. The van der Waals surface area contributed by atoms with Gasteiger partial charge in [0, 0.05) is 17.6 Å². The quantitative estimate of drug-likeness (QED) is 0.272. The zero-order chi connectivity index (χ0) is 30.3. The van der Waals surface area contributed by atoms with E-state index in [0.717, 1.165) is 41.1 Å². The van der Waals surface area contributed by atoms with Gasteiger partial charge in [-0.05, 0) is 74.6 Å². The molecule has 0 heterocycles. The molecule has 0 unspecified atom stereocenters. The van der Waals surface area contributed by atoms with E-state index in [9.17, 15) is 18.0 Å². The van der Waals surface area contributed by atoms with Gasteiger partial charge < -0.3 is 10.2 Å². The molecule has 1 fully saturated rings. The SMILES string of the molecule is CC[C@H](C(=O)NC1CCCCC1)N(Cc1cccc(C)c1)C(=O)CN(c1ccccc1C)S(=O)(=O)c1ccc(Cl)cc1. The monoisotopic (exact) mass is 609 g/mol. The second kappa shape index (κ2) is 14.2. The van der Waals surface area contributed by atoms with Gasteiger partial charge in [0.25, 0.3) is 10.0 Å². The lowest BCUT2D eigenvalue weighted by atomic mass is 9.95. The number of carbonyl (C=O) groups excluding carboxylic acids is 2. The molecule has 1 atom stereocenters. The van der Waals surface area contributed by atoms with Crippen molar-refractivity contribution < 1.29 is 18.0 Å². The molecule has 3 aromatic carbocycles. The zero-order valence-electron chi connectivity index (χ0n) is 24.6. The molecular weight excluding hydrogens is 570 g/mol. The Labute approximate surface area is 254 Å². The summed E-state index contributed by atoms with van der Waals surface area (Å²) in [6, 6.07) is 20.1. The van der Waals surface area contributed by atoms with Crippen LogP contribution in [-0.2, 0) is 26.2 Å². The number of hydrogen-bond donors (Lipinski definition) is 1. The molecular formula is C33H40ClN3O4S. The molecule has 2 amide bonds. The van der Waals surface area contributed by atoms with Gasteiger partial charge in [-0.2, -0.15) is 0 Å². The standard InChI is InChI=1S/C33H40ClN3O4S/c1-4-30(33(39)35-28-14-6-5-7-15-28)36(22-26-13-10-11-24(2)21-26)32(38)23-37(31-16-9-8-12-25(31)3)42(40,41)29-19-17-27(34)18-20-29/h8-13,16-21,28,30H,4-7,14-15,22-23H2,1-3H3,(H,35,39)/t30-/m1/s1. The van der Waals surface area contributed by atoms with Crippen molar-refractivity contribution in [1.82, 2.24) is 10.2 Å². The maximum Gasteiger partial charge on any atom is 0.264 e. The number of aryl methyl sites for hydroxylation is 2. The van der Waals surface area contributed by atoms with Gasteiger partial charge in [-0.3, -0.25) is 13.9 Å². The Bertz CT molecular complexity index is 1490. The number of carbonyl (C=O) groups is 2. The van der Waals surface area contributed by atoms with Crippen LogP contribution < -0.4 is 9.62 Å². The fourth-order valence-electron chi connectivity index (χ4n) is 5.56. The minimum atomic E-state index is -4.15. The van der Waals surface area contributed by atoms with Crippen molar-refractivity contribution in [3.05, 3.63) is 94.5 Å². The van der Waals surface area contributed by atoms with E-state index in [1.807, 2.05) is 44.2 Å². The number of amides is 2. The van der Waals surface area contributed by atoms with Gasteiger partial charge in [-0.15, -0.1) is 0 Å². The van der Waals surface area contributed by atoms with Gasteiger partial charge in [-0.1, -0.05) is 85.8 Å². The van der Waals surface area contributed by atoms with Crippen molar-refractivity contribution in [1.29, 1.82) is 0 Å². The molecule has 0 radical (unpaired) electrons. The van der Waals surface area contributed by atoms with Crippen molar-refractivity contribution in [2.75, 3.05) is 10.8 Å².